The smallest absolute Gasteiger partial charge is 0.366 e. The molecule has 1 atom stereocenters. The Hall–Kier alpha value is -3.08. The van der Waals surface area contributed by atoms with Crippen LogP contribution in [-0.4, -0.2) is 17.0 Å². The maximum atomic E-state index is 13.8. The van der Waals surface area contributed by atoms with Gasteiger partial charge in [-0.3, -0.25) is 14.8 Å². The van der Waals surface area contributed by atoms with E-state index in [4.69, 9.17) is 10.9 Å². The summed E-state index contributed by atoms with van der Waals surface area (Å²) in [5.74, 6) is -4.08. The van der Waals surface area contributed by atoms with Crippen molar-refractivity contribution in [3.63, 3.8) is 0 Å². The van der Waals surface area contributed by atoms with Crippen molar-refractivity contribution in [1.29, 1.82) is 0 Å². The van der Waals surface area contributed by atoms with Crippen molar-refractivity contribution >= 4 is 11.8 Å². The molecule has 0 saturated heterocycles. The van der Waals surface area contributed by atoms with Crippen LogP contribution >= 0.6 is 0 Å². The Balaban J connectivity index is 2.85. The van der Waals surface area contributed by atoms with Crippen LogP contribution in [0.4, 0.5) is 26.3 Å². The minimum atomic E-state index is -5.20. The summed E-state index contributed by atoms with van der Waals surface area (Å²) in [5.41, 5.74) is 1.95. The van der Waals surface area contributed by atoms with Crippen LogP contribution in [0, 0.1) is 5.92 Å². The van der Waals surface area contributed by atoms with E-state index in [-0.39, 0.29) is 17.2 Å². The van der Waals surface area contributed by atoms with E-state index in [1.54, 1.807) is 0 Å². The monoisotopic (exact) mass is 448 g/mol. The zero-order valence-electron chi connectivity index (χ0n) is 16.2. The Labute approximate surface area is 172 Å². The van der Waals surface area contributed by atoms with E-state index in [0.717, 1.165) is 0 Å². The SMILES string of the molecule is CC(C)C(c1ccc(C(=O)NO)cc1)c1c(C(N)=O)cc(C(F)(F)F)cc1C(F)(F)F. The van der Waals surface area contributed by atoms with Crippen LogP contribution in [0.3, 0.4) is 0 Å². The first kappa shape index (κ1) is 24.2. The van der Waals surface area contributed by atoms with E-state index in [1.807, 2.05) is 0 Å². The van der Waals surface area contributed by atoms with Gasteiger partial charge in [-0.1, -0.05) is 26.0 Å². The van der Waals surface area contributed by atoms with E-state index >= 15 is 0 Å². The summed E-state index contributed by atoms with van der Waals surface area (Å²) in [6.45, 7) is 3.06. The van der Waals surface area contributed by atoms with Crippen molar-refractivity contribution in [3.05, 3.63) is 69.8 Å². The molecular weight excluding hydrogens is 430 g/mol. The van der Waals surface area contributed by atoms with E-state index in [2.05, 4.69) is 0 Å². The van der Waals surface area contributed by atoms with Crippen LogP contribution in [-0.2, 0) is 12.4 Å². The van der Waals surface area contributed by atoms with Gasteiger partial charge in [0, 0.05) is 17.0 Å². The molecule has 5 nitrogen and oxygen atoms in total. The van der Waals surface area contributed by atoms with Gasteiger partial charge in [-0.25, -0.2) is 5.48 Å². The van der Waals surface area contributed by atoms with Gasteiger partial charge in [0.25, 0.3) is 5.91 Å². The average molecular weight is 448 g/mol. The fourth-order valence-electron chi connectivity index (χ4n) is 3.38. The summed E-state index contributed by atoms with van der Waals surface area (Å²) in [5, 5.41) is 8.68. The second kappa shape index (κ2) is 8.58. The molecule has 168 valence electrons. The first-order valence-corrected chi connectivity index (χ1v) is 8.85. The number of primary amides is 1. The van der Waals surface area contributed by atoms with E-state index in [9.17, 15) is 35.9 Å². The molecule has 11 heteroatoms. The van der Waals surface area contributed by atoms with Gasteiger partial charge in [0.15, 0.2) is 0 Å². The highest BCUT2D eigenvalue weighted by Crippen LogP contribution is 2.45. The lowest BCUT2D eigenvalue weighted by Crippen LogP contribution is -2.25. The molecule has 31 heavy (non-hydrogen) atoms. The normalized spacial score (nSPS) is 13.2. The minimum absolute atomic E-state index is 0.00709. The number of amides is 2. The van der Waals surface area contributed by atoms with Crippen molar-refractivity contribution in [1.82, 2.24) is 5.48 Å². The standard InChI is InChI=1S/C20H18F6N2O3/c1-9(2)15(10-3-5-11(6-4-10)18(30)28-31)16-13(17(27)29)7-12(19(21,22)23)8-14(16)20(24,25)26/h3-9,15,31H,1-2H3,(H2,27,29)(H,28,30). The maximum absolute atomic E-state index is 13.8. The molecular formula is C20H18F6N2O3. The number of hydrogen-bond acceptors (Lipinski definition) is 3. The maximum Gasteiger partial charge on any atom is 0.416 e. The second-order valence-electron chi connectivity index (χ2n) is 7.13. The summed E-state index contributed by atoms with van der Waals surface area (Å²) >= 11 is 0. The van der Waals surface area contributed by atoms with Gasteiger partial charge in [-0.2, -0.15) is 26.3 Å². The molecule has 0 spiro atoms. The summed E-state index contributed by atoms with van der Waals surface area (Å²) in [7, 11) is 0. The van der Waals surface area contributed by atoms with Gasteiger partial charge in [-0.15, -0.1) is 0 Å². The first-order chi connectivity index (χ1) is 14.2. The Morgan fingerprint density at radius 1 is 0.968 bits per heavy atom. The number of alkyl halides is 6. The Bertz CT molecular complexity index is 982. The van der Waals surface area contributed by atoms with Gasteiger partial charge < -0.3 is 5.73 Å². The molecule has 0 aliphatic carbocycles. The number of benzene rings is 2. The predicted molar refractivity (Wildman–Crippen MR) is 97.3 cm³/mol. The Kier molecular flexibility index (Phi) is 6.69. The number of hydroxylamine groups is 1. The number of hydrogen-bond donors (Lipinski definition) is 3. The summed E-state index contributed by atoms with van der Waals surface area (Å²) in [6, 6.07) is 5.30. The molecule has 2 aromatic rings. The molecule has 0 aliphatic heterocycles. The lowest BCUT2D eigenvalue weighted by atomic mass is 9.77. The number of halogens is 6. The highest BCUT2D eigenvalue weighted by atomic mass is 19.4. The zero-order chi connectivity index (χ0) is 23.7. The average Bonchev–Trinajstić information content (AvgIpc) is 2.65. The van der Waals surface area contributed by atoms with Gasteiger partial charge in [-0.05, 0) is 41.3 Å². The molecule has 0 aromatic heterocycles. The molecule has 0 radical (unpaired) electrons. The van der Waals surface area contributed by atoms with Crippen molar-refractivity contribution in [2.75, 3.05) is 0 Å². The van der Waals surface area contributed by atoms with Crippen molar-refractivity contribution in [2.24, 2.45) is 11.7 Å². The largest absolute Gasteiger partial charge is 0.416 e. The number of carbonyl (C=O) groups is 2. The molecule has 2 aromatic carbocycles. The summed E-state index contributed by atoms with van der Waals surface area (Å²) < 4.78 is 81.0. The van der Waals surface area contributed by atoms with Gasteiger partial charge >= 0.3 is 12.4 Å². The van der Waals surface area contributed by atoms with E-state index in [1.165, 1.54) is 43.6 Å². The minimum Gasteiger partial charge on any atom is -0.366 e. The lowest BCUT2D eigenvalue weighted by molar-refractivity contribution is -0.143. The van der Waals surface area contributed by atoms with Crippen LogP contribution in [0.5, 0.6) is 0 Å². The third kappa shape index (κ3) is 5.16. The Morgan fingerprint density at radius 2 is 1.52 bits per heavy atom. The molecule has 2 amide bonds. The zero-order valence-corrected chi connectivity index (χ0v) is 16.2. The molecule has 0 saturated carbocycles. The van der Waals surface area contributed by atoms with E-state index < -0.39 is 58.3 Å². The van der Waals surface area contributed by atoms with Crippen molar-refractivity contribution < 1.29 is 41.1 Å². The molecule has 1 unspecified atom stereocenters. The van der Waals surface area contributed by atoms with Crippen LogP contribution < -0.4 is 11.2 Å². The molecule has 0 bridgehead atoms. The highest BCUT2D eigenvalue weighted by Gasteiger charge is 2.42. The number of carbonyl (C=O) groups excluding carboxylic acids is 2. The van der Waals surface area contributed by atoms with E-state index in [0.29, 0.717) is 6.07 Å². The molecule has 2 rings (SSSR count). The predicted octanol–water partition coefficient (Wildman–Crippen LogP) is 4.73. The van der Waals surface area contributed by atoms with Crippen molar-refractivity contribution in [2.45, 2.75) is 32.1 Å². The number of nitrogens with two attached hydrogens (primary N) is 1. The quantitative estimate of drug-likeness (QED) is 0.351. The first-order valence-electron chi connectivity index (χ1n) is 8.85. The van der Waals surface area contributed by atoms with Crippen LogP contribution in [0.2, 0.25) is 0 Å². The molecule has 4 N–H and O–H groups in total. The fourth-order valence-corrected chi connectivity index (χ4v) is 3.38. The number of rotatable bonds is 5. The fraction of sp³-hybridized carbons (Fsp3) is 0.300. The molecule has 0 heterocycles. The summed E-state index contributed by atoms with van der Waals surface area (Å²) in [6.07, 6.45) is -10.3. The van der Waals surface area contributed by atoms with Gasteiger partial charge in [0.2, 0.25) is 5.91 Å². The van der Waals surface area contributed by atoms with Crippen LogP contribution in [0.25, 0.3) is 0 Å². The third-order valence-electron chi connectivity index (χ3n) is 4.69. The Morgan fingerprint density at radius 3 is 1.90 bits per heavy atom. The van der Waals surface area contributed by atoms with Gasteiger partial charge in [0.05, 0.1) is 11.1 Å². The highest BCUT2D eigenvalue weighted by molar-refractivity contribution is 5.96. The van der Waals surface area contributed by atoms with Crippen LogP contribution in [0.15, 0.2) is 36.4 Å². The molecule has 0 fully saturated rings. The third-order valence-corrected chi connectivity index (χ3v) is 4.69. The van der Waals surface area contributed by atoms with Gasteiger partial charge in [0.1, 0.15) is 0 Å². The topological polar surface area (TPSA) is 92.4 Å². The van der Waals surface area contributed by atoms with Crippen molar-refractivity contribution in [3.8, 4) is 0 Å². The molecule has 0 aliphatic rings. The number of nitrogens with one attached hydrogen (secondary N) is 1. The van der Waals surface area contributed by atoms with Crippen LogP contribution in [0.1, 0.15) is 62.7 Å². The lowest BCUT2D eigenvalue weighted by Gasteiger charge is -2.28. The summed E-state index contributed by atoms with van der Waals surface area (Å²) in [4.78, 5) is 23.4. The second-order valence-corrected chi connectivity index (χ2v) is 7.13.